The summed E-state index contributed by atoms with van der Waals surface area (Å²) in [6.07, 6.45) is 0. The zero-order valence-corrected chi connectivity index (χ0v) is 15.3. The highest BCUT2D eigenvalue weighted by atomic mass is 32.2. The fourth-order valence-electron chi connectivity index (χ4n) is 2.40. The second kappa shape index (κ2) is 8.88. The quantitative estimate of drug-likeness (QED) is 0.505. The van der Waals surface area contributed by atoms with Gasteiger partial charge < -0.3 is 14.5 Å². The third kappa shape index (κ3) is 4.58. The predicted octanol–water partition coefficient (Wildman–Crippen LogP) is 3.20. The first-order valence-corrected chi connectivity index (χ1v) is 9.15. The molecule has 3 aromatic rings. The highest BCUT2D eigenvalue weighted by Gasteiger charge is 2.16. The predicted molar refractivity (Wildman–Crippen MR) is 104 cm³/mol. The number of hydrogen-bond acceptors (Lipinski definition) is 7. The van der Waals surface area contributed by atoms with Crippen molar-refractivity contribution in [3.63, 3.8) is 0 Å². The molecule has 1 aromatic heterocycles. The van der Waals surface area contributed by atoms with Crippen molar-refractivity contribution in [2.45, 2.75) is 4.90 Å². The number of carbonyl (C=O) groups is 2. The second-order valence-corrected chi connectivity index (χ2v) is 6.56. The van der Waals surface area contributed by atoms with Gasteiger partial charge in [0.2, 0.25) is 5.76 Å². The van der Waals surface area contributed by atoms with E-state index in [1.165, 1.54) is 11.8 Å². The summed E-state index contributed by atoms with van der Waals surface area (Å²) in [4.78, 5) is 37.0. The molecule has 1 N–H and O–H groups in total. The number of para-hydroxylation sites is 2. The summed E-state index contributed by atoms with van der Waals surface area (Å²) in [5.74, 6) is -1.50. The molecule has 0 aliphatic heterocycles. The second-order valence-electron chi connectivity index (χ2n) is 5.54. The van der Waals surface area contributed by atoms with Gasteiger partial charge >= 0.3 is 5.97 Å². The fraction of sp³-hybridized carbons (Fsp3) is 0.100. The summed E-state index contributed by atoms with van der Waals surface area (Å²) < 4.78 is 10.3. The molecular formula is C20H14N2O5S. The van der Waals surface area contributed by atoms with E-state index in [1.54, 1.807) is 48.5 Å². The number of nitriles is 1. The topological polar surface area (TPSA) is 109 Å². The molecule has 2 aromatic carbocycles. The third-order valence-electron chi connectivity index (χ3n) is 3.62. The van der Waals surface area contributed by atoms with Crippen molar-refractivity contribution in [2.75, 3.05) is 17.7 Å². The number of fused-ring (bicyclic) bond motifs is 1. The molecular weight excluding hydrogens is 380 g/mol. The highest BCUT2D eigenvalue weighted by Crippen LogP contribution is 2.26. The number of carbonyl (C=O) groups excluding carboxylic acids is 2. The number of ether oxygens (including phenoxy) is 1. The van der Waals surface area contributed by atoms with Crippen molar-refractivity contribution >= 4 is 40.3 Å². The van der Waals surface area contributed by atoms with Crippen molar-refractivity contribution in [2.24, 2.45) is 0 Å². The third-order valence-corrected chi connectivity index (χ3v) is 4.56. The lowest BCUT2D eigenvalue weighted by atomic mass is 10.2. The summed E-state index contributed by atoms with van der Waals surface area (Å²) in [5.41, 5.74) is 0.401. The molecule has 28 heavy (non-hydrogen) atoms. The Kier molecular flexibility index (Phi) is 6.09. The minimum atomic E-state index is -0.912. The first-order chi connectivity index (χ1) is 13.6. The van der Waals surface area contributed by atoms with Crippen LogP contribution >= 0.6 is 11.8 Å². The fourth-order valence-corrected chi connectivity index (χ4v) is 3.07. The Labute approximate surface area is 163 Å². The summed E-state index contributed by atoms with van der Waals surface area (Å²) >= 11 is 1.28. The van der Waals surface area contributed by atoms with Crippen LogP contribution in [0.5, 0.6) is 0 Å². The Hall–Kier alpha value is -3.57. The Balaban J connectivity index is 1.65. The molecule has 140 valence electrons. The van der Waals surface area contributed by atoms with Gasteiger partial charge in [-0.05, 0) is 24.3 Å². The number of nitrogens with zero attached hydrogens (tertiary/aromatic N) is 1. The molecule has 0 unspecified atom stereocenters. The number of anilines is 1. The molecule has 0 atom stereocenters. The Morgan fingerprint density at radius 3 is 2.71 bits per heavy atom. The molecule has 3 rings (SSSR count). The monoisotopic (exact) mass is 394 g/mol. The lowest BCUT2D eigenvalue weighted by molar-refractivity contribution is -0.119. The van der Waals surface area contributed by atoms with Crippen LogP contribution in [0.4, 0.5) is 5.69 Å². The molecule has 0 fully saturated rings. The minimum Gasteiger partial charge on any atom is -0.450 e. The summed E-state index contributed by atoms with van der Waals surface area (Å²) in [7, 11) is 0. The molecule has 0 aliphatic carbocycles. The number of rotatable bonds is 6. The summed E-state index contributed by atoms with van der Waals surface area (Å²) in [6.45, 7) is -0.549. The van der Waals surface area contributed by atoms with Crippen LogP contribution in [0.3, 0.4) is 0 Å². The molecule has 1 amide bonds. The van der Waals surface area contributed by atoms with E-state index in [9.17, 15) is 14.4 Å². The van der Waals surface area contributed by atoms with E-state index >= 15 is 0 Å². The number of benzene rings is 2. The highest BCUT2D eigenvalue weighted by molar-refractivity contribution is 7.99. The van der Waals surface area contributed by atoms with E-state index in [0.717, 1.165) is 11.0 Å². The maximum Gasteiger partial charge on any atom is 0.374 e. The molecule has 0 radical (unpaired) electrons. The largest absolute Gasteiger partial charge is 0.450 e. The van der Waals surface area contributed by atoms with E-state index in [2.05, 4.69) is 5.32 Å². The Morgan fingerprint density at radius 2 is 1.89 bits per heavy atom. The SMILES string of the molecule is N#CCSc1ccccc1NC(=O)COC(=O)c1cc(=O)c2ccccc2o1. The average molecular weight is 394 g/mol. The van der Waals surface area contributed by atoms with Crippen molar-refractivity contribution in [1.29, 1.82) is 5.26 Å². The van der Waals surface area contributed by atoms with Gasteiger partial charge in [-0.3, -0.25) is 9.59 Å². The molecule has 0 aliphatic rings. The normalized spacial score (nSPS) is 10.2. The zero-order valence-electron chi connectivity index (χ0n) is 14.5. The van der Waals surface area contributed by atoms with Gasteiger partial charge in [-0.2, -0.15) is 5.26 Å². The Morgan fingerprint density at radius 1 is 1.14 bits per heavy atom. The van der Waals surface area contributed by atoms with E-state index in [1.807, 2.05) is 6.07 Å². The van der Waals surface area contributed by atoms with E-state index in [-0.39, 0.29) is 22.5 Å². The lowest BCUT2D eigenvalue weighted by Gasteiger charge is -2.10. The van der Waals surface area contributed by atoms with Crippen molar-refractivity contribution in [3.8, 4) is 6.07 Å². The molecule has 0 saturated carbocycles. The van der Waals surface area contributed by atoms with Crippen molar-refractivity contribution in [3.05, 3.63) is 70.6 Å². The van der Waals surface area contributed by atoms with E-state index in [0.29, 0.717) is 11.1 Å². The van der Waals surface area contributed by atoms with Gasteiger partial charge in [-0.15, -0.1) is 11.8 Å². The van der Waals surface area contributed by atoms with Crippen LogP contribution < -0.4 is 10.7 Å². The maximum atomic E-state index is 12.1. The van der Waals surface area contributed by atoms with Gasteiger partial charge in [0, 0.05) is 11.0 Å². The van der Waals surface area contributed by atoms with E-state index < -0.39 is 18.5 Å². The van der Waals surface area contributed by atoms with Crippen LogP contribution in [0.15, 0.2) is 68.7 Å². The summed E-state index contributed by atoms with van der Waals surface area (Å²) in [6, 6.07) is 16.6. The van der Waals surface area contributed by atoms with Crippen LogP contribution in [-0.2, 0) is 9.53 Å². The van der Waals surface area contributed by atoms with Gasteiger partial charge in [0.15, 0.2) is 12.0 Å². The number of esters is 1. The van der Waals surface area contributed by atoms with Gasteiger partial charge in [0.25, 0.3) is 5.91 Å². The summed E-state index contributed by atoms with van der Waals surface area (Å²) in [5, 5.41) is 11.7. The number of amides is 1. The molecule has 0 spiro atoms. The average Bonchev–Trinajstić information content (AvgIpc) is 2.71. The standard InChI is InChI=1S/C20H14N2O5S/c21-9-10-28-18-8-4-2-6-14(18)22-19(24)12-26-20(25)17-11-15(23)13-5-1-3-7-16(13)27-17/h1-8,11H,10,12H2,(H,22,24). The zero-order chi connectivity index (χ0) is 19.9. The molecule has 0 bridgehead atoms. The molecule has 7 nitrogen and oxygen atoms in total. The molecule has 1 heterocycles. The molecule has 8 heteroatoms. The van der Waals surface area contributed by atoms with Gasteiger partial charge in [-0.1, -0.05) is 24.3 Å². The smallest absolute Gasteiger partial charge is 0.374 e. The minimum absolute atomic E-state index is 0.239. The number of nitrogens with one attached hydrogen (secondary N) is 1. The number of thioether (sulfide) groups is 1. The van der Waals surface area contributed by atoms with Crippen LogP contribution in [0.2, 0.25) is 0 Å². The number of hydrogen-bond donors (Lipinski definition) is 1. The van der Waals surface area contributed by atoms with E-state index in [4.69, 9.17) is 14.4 Å². The van der Waals surface area contributed by atoms with Gasteiger partial charge in [0.05, 0.1) is 22.9 Å². The van der Waals surface area contributed by atoms with Crippen molar-refractivity contribution in [1.82, 2.24) is 0 Å². The Bertz CT molecular complexity index is 1130. The lowest BCUT2D eigenvalue weighted by Crippen LogP contribution is -2.21. The van der Waals surface area contributed by atoms with Gasteiger partial charge in [0.1, 0.15) is 5.58 Å². The maximum absolute atomic E-state index is 12.1. The molecule has 0 saturated heterocycles. The van der Waals surface area contributed by atoms with Crippen LogP contribution in [0, 0.1) is 11.3 Å². The van der Waals surface area contributed by atoms with Crippen LogP contribution in [0.25, 0.3) is 11.0 Å². The first kappa shape index (κ1) is 19.2. The van der Waals surface area contributed by atoms with Crippen LogP contribution in [0.1, 0.15) is 10.6 Å². The van der Waals surface area contributed by atoms with Gasteiger partial charge in [-0.25, -0.2) is 4.79 Å². The first-order valence-electron chi connectivity index (χ1n) is 8.17. The van der Waals surface area contributed by atoms with Crippen molar-refractivity contribution < 1.29 is 18.7 Å². The van der Waals surface area contributed by atoms with Crippen LogP contribution in [-0.4, -0.2) is 24.2 Å².